The Kier molecular flexibility index (Phi) is 2.60. The second kappa shape index (κ2) is 4.26. The summed E-state index contributed by atoms with van der Waals surface area (Å²) < 4.78 is 0. The summed E-state index contributed by atoms with van der Waals surface area (Å²) in [4.78, 5) is 4.70. The lowest BCUT2D eigenvalue weighted by Gasteiger charge is -2.07. The lowest BCUT2D eigenvalue weighted by Crippen LogP contribution is -1.89. The second-order valence-corrected chi connectivity index (χ2v) is 4.68. The van der Waals surface area contributed by atoms with Gasteiger partial charge in [-0.2, -0.15) is 0 Å². The van der Waals surface area contributed by atoms with Gasteiger partial charge in [-0.15, -0.1) is 0 Å². The van der Waals surface area contributed by atoms with E-state index in [4.69, 9.17) is 4.98 Å². The fourth-order valence-electron chi connectivity index (χ4n) is 2.31. The molecular weight excluding hydrogens is 218 g/mol. The second-order valence-electron chi connectivity index (χ2n) is 4.68. The average molecular weight is 233 g/mol. The van der Waals surface area contributed by atoms with E-state index in [9.17, 15) is 0 Å². The van der Waals surface area contributed by atoms with E-state index in [0.29, 0.717) is 0 Å². The van der Waals surface area contributed by atoms with Crippen molar-refractivity contribution in [3.05, 3.63) is 65.9 Å². The summed E-state index contributed by atoms with van der Waals surface area (Å²) in [6.07, 6.45) is 0. The van der Waals surface area contributed by atoms with Gasteiger partial charge in [0.2, 0.25) is 0 Å². The van der Waals surface area contributed by atoms with Crippen LogP contribution in [-0.4, -0.2) is 4.98 Å². The van der Waals surface area contributed by atoms with Gasteiger partial charge in [0.1, 0.15) is 0 Å². The first-order chi connectivity index (χ1) is 8.74. The van der Waals surface area contributed by atoms with Crippen molar-refractivity contribution >= 4 is 10.8 Å². The van der Waals surface area contributed by atoms with E-state index in [-0.39, 0.29) is 0 Å². The van der Waals surface area contributed by atoms with Crippen LogP contribution in [0.1, 0.15) is 11.3 Å². The van der Waals surface area contributed by atoms with Gasteiger partial charge in [0.15, 0.2) is 0 Å². The summed E-state index contributed by atoms with van der Waals surface area (Å²) in [7, 11) is 0. The maximum absolute atomic E-state index is 4.70. The fourth-order valence-corrected chi connectivity index (χ4v) is 2.31. The van der Waals surface area contributed by atoms with E-state index >= 15 is 0 Å². The lowest BCUT2D eigenvalue weighted by molar-refractivity contribution is 1.24. The number of rotatable bonds is 1. The molecule has 0 aliphatic rings. The fraction of sp³-hybridized carbons (Fsp3) is 0.118. The predicted molar refractivity (Wildman–Crippen MR) is 76.7 cm³/mol. The van der Waals surface area contributed by atoms with Gasteiger partial charge in [0.05, 0.1) is 5.69 Å². The molecule has 0 N–H and O–H groups in total. The molecule has 3 rings (SSSR count). The smallest absolute Gasteiger partial charge is 0.0711 e. The van der Waals surface area contributed by atoms with E-state index in [1.807, 2.05) is 18.2 Å². The van der Waals surface area contributed by atoms with Crippen molar-refractivity contribution in [2.24, 2.45) is 0 Å². The van der Waals surface area contributed by atoms with E-state index in [2.05, 4.69) is 50.2 Å². The Bertz CT molecular complexity index is 699. The molecule has 1 heteroatoms. The Morgan fingerprint density at radius 1 is 0.833 bits per heavy atom. The Morgan fingerprint density at radius 2 is 1.61 bits per heavy atom. The van der Waals surface area contributed by atoms with Crippen LogP contribution in [0.3, 0.4) is 0 Å². The summed E-state index contributed by atoms with van der Waals surface area (Å²) in [5.74, 6) is 0. The number of aryl methyl sites for hydroxylation is 2. The molecule has 88 valence electrons. The van der Waals surface area contributed by atoms with Gasteiger partial charge >= 0.3 is 0 Å². The third-order valence-electron chi connectivity index (χ3n) is 3.25. The number of hydrogen-bond acceptors (Lipinski definition) is 1. The van der Waals surface area contributed by atoms with Gasteiger partial charge in [0.25, 0.3) is 0 Å². The highest BCUT2D eigenvalue weighted by Crippen LogP contribution is 2.25. The average Bonchev–Trinajstić information content (AvgIpc) is 2.39. The molecule has 0 atom stereocenters. The van der Waals surface area contributed by atoms with Gasteiger partial charge in [-0.1, -0.05) is 54.1 Å². The predicted octanol–water partition coefficient (Wildman–Crippen LogP) is 4.52. The number of aromatic nitrogens is 1. The first kappa shape index (κ1) is 11.0. The maximum Gasteiger partial charge on any atom is 0.0711 e. The van der Waals surface area contributed by atoms with Crippen LogP contribution in [-0.2, 0) is 0 Å². The van der Waals surface area contributed by atoms with Gasteiger partial charge in [-0.05, 0) is 25.3 Å². The molecule has 0 spiro atoms. The third-order valence-corrected chi connectivity index (χ3v) is 3.25. The standard InChI is InChI=1S/C17H15N/c1-12-8-9-16-13(2)18-17(11-15(16)10-12)14-6-4-3-5-7-14/h3-11H,1-2H3. The first-order valence-corrected chi connectivity index (χ1v) is 6.17. The molecule has 0 saturated heterocycles. The van der Waals surface area contributed by atoms with Crippen LogP contribution < -0.4 is 0 Å². The zero-order chi connectivity index (χ0) is 12.5. The Hall–Kier alpha value is -2.15. The van der Waals surface area contributed by atoms with Gasteiger partial charge in [-0.25, -0.2) is 0 Å². The number of benzene rings is 2. The number of pyridine rings is 1. The SMILES string of the molecule is Cc1ccc2c(C)nc(-c3ccccc3)cc2c1. The zero-order valence-electron chi connectivity index (χ0n) is 10.6. The van der Waals surface area contributed by atoms with Crippen LogP contribution in [0.4, 0.5) is 0 Å². The number of fused-ring (bicyclic) bond motifs is 1. The number of nitrogens with zero attached hydrogens (tertiary/aromatic N) is 1. The molecule has 0 amide bonds. The van der Waals surface area contributed by atoms with Crippen molar-refractivity contribution in [3.8, 4) is 11.3 Å². The molecule has 0 unspecified atom stereocenters. The van der Waals surface area contributed by atoms with Crippen molar-refractivity contribution < 1.29 is 0 Å². The summed E-state index contributed by atoms with van der Waals surface area (Å²) >= 11 is 0. The van der Waals surface area contributed by atoms with Gasteiger partial charge in [0, 0.05) is 16.6 Å². The van der Waals surface area contributed by atoms with Crippen LogP contribution in [0.25, 0.3) is 22.0 Å². The van der Waals surface area contributed by atoms with Gasteiger partial charge in [-0.3, -0.25) is 4.98 Å². The van der Waals surface area contributed by atoms with Crippen molar-refractivity contribution in [2.75, 3.05) is 0 Å². The molecule has 0 radical (unpaired) electrons. The number of hydrogen-bond donors (Lipinski definition) is 0. The van der Waals surface area contributed by atoms with E-state index in [1.165, 1.54) is 21.9 Å². The molecule has 0 aliphatic carbocycles. The summed E-state index contributed by atoms with van der Waals surface area (Å²) in [6, 6.07) is 19.0. The van der Waals surface area contributed by atoms with Crippen LogP contribution in [0.5, 0.6) is 0 Å². The topological polar surface area (TPSA) is 12.9 Å². The lowest BCUT2D eigenvalue weighted by atomic mass is 10.0. The zero-order valence-corrected chi connectivity index (χ0v) is 10.6. The first-order valence-electron chi connectivity index (χ1n) is 6.17. The van der Waals surface area contributed by atoms with Crippen LogP contribution >= 0.6 is 0 Å². The highest BCUT2D eigenvalue weighted by atomic mass is 14.7. The molecule has 0 bridgehead atoms. The Balaban J connectivity index is 2.27. The van der Waals surface area contributed by atoms with E-state index in [0.717, 1.165) is 11.4 Å². The minimum Gasteiger partial charge on any atom is -0.252 e. The van der Waals surface area contributed by atoms with E-state index < -0.39 is 0 Å². The van der Waals surface area contributed by atoms with Crippen LogP contribution in [0.15, 0.2) is 54.6 Å². The molecule has 0 fully saturated rings. The molecule has 0 aliphatic heterocycles. The van der Waals surface area contributed by atoms with Crippen molar-refractivity contribution in [3.63, 3.8) is 0 Å². The van der Waals surface area contributed by atoms with Gasteiger partial charge < -0.3 is 0 Å². The molecule has 3 aromatic rings. The molecule has 2 aromatic carbocycles. The molecule has 0 saturated carbocycles. The maximum atomic E-state index is 4.70. The summed E-state index contributed by atoms with van der Waals surface area (Å²) in [5.41, 5.74) is 4.59. The van der Waals surface area contributed by atoms with E-state index in [1.54, 1.807) is 0 Å². The minimum atomic E-state index is 1.05. The highest BCUT2D eigenvalue weighted by Gasteiger charge is 2.04. The molecular formula is C17H15N. The quantitative estimate of drug-likeness (QED) is 0.602. The molecule has 1 heterocycles. The minimum absolute atomic E-state index is 1.05. The molecule has 1 nitrogen and oxygen atoms in total. The monoisotopic (exact) mass is 233 g/mol. The molecule has 1 aromatic heterocycles. The molecule has 18 heavy (non-hydrogen) atoms. The largest absolute Gasteiger partial charge is 0.252 e. The van der Waals surface area contributed by atoms with Crippen molar-refractivity contribution in [1.82, 2.24) is 4.98 Å². The van der Waals surface area contributed by atoms with Crippen molar-refractivity contribution in [2.45, 2.75) is 13.8 Å². The highest BCUT2D eigenvalue weighted by molar-refractivity contribution is 5.88. The van der Waals surface area contributed by atoms with Crippen molar-refractivity contribution in [1.29, 1.82) is 0 Å². The summed E-state index contributed by atoms with van der Waals surface area (Å²) in [5, 5.41) is 2.50. The Labute approximate surface area is 107 Å². The summed E-state index contributed by atoms with van der Waals surface area (Å²) in [6.45, 7) is 4.20. The van der Waals surface area contributed by atoms with Crippen LogP contribution in [0.2, 0.25) is 0 Å². The normalized spacial score (nSPS) is 10.8. The third kappa shape index (κ3) is 1.88. The van der Waals surface area contributed by atoms with Crippen LogP contribution in [0, 0.1) is 13.8 Å². The Morgan fingerprint density at radius 3 is 2.39 bits per heavy atom.